The van der Waals surface area contributed by atoms with Gasteiger partial charge in [-0.05, 0) is 38.2 Å². The Kier molecular flexibility index (Phi) is 5.90. The third kappa shape index (κ3) is 3.99. The first-order valence-corrected chi connectivity index (χ1v) is 11.6. The van der Waals surface area contributed by atoms with Crippen molar-refractivity contribution < 1.29 is 0 Å². The minimum Gasteiger partial charge on any atom is -0.213 e. The van der Waals surface area contributed by atoms with Crippen molar-refractivity contribution in [3.8, 4) is 22.5 Å². The second-order valence-corrected chi connectivity index (χ2v) is 8.11. The van der Waals surface area contributed by atoms with Gasteiger partial charge in [-0.1, -0.05) is 125 Å². The van der Waals surface area contributed by atoms with Gasteiger partial charge in [-0.2, -0.15) is 0 Å². The van der Waals surface area contributed by atoms with Crippen molar-refractivity contribution in [2.24, 2.45) is 0 Å². The van der Waals surface area contributed by atoms with Crippen LogP contribution in [0.2, 0.25) is 0 Å². The molecule has 0 saturated heterocycles. The largest absolute Gasteiger partial charge is 0.213 e. The molecule has 0 atom stereocenters. The first kappa shape index (κ1) is 20.3. The predicted molar refractivity (Wildman–Crippen MR) is 131 cm³/mol. The van der Waals surface area contributed by atoms with E-state index in [2.05, 4.69) is 122 Å². The van der Waals surface area contributed by atoms with E-state index < -0.39 is 0 Å². The van der Waals surface area contributed by atoms with Gasteiger partial charge >= 0.3 is 0 Å². The Morgan fingerprint density at radius 2 is 1.22 bits per heavy atom. The molecule has 4 nitrogen and oxygen atoms in total. The molecule has 0 aliphatic heterocycles. The standard InChI is InChI=1S/C27H21BrN4/c28-19-20-15-17-21(18-16-20)24-13-7-8-14-25(24)27-29-30-31-32(27)26(22-9-3-1-4-10-22)23-11-5-2-6-12-23/h1-18,26H,19H2. The summed E-state index contributed by atoms with van der Waals surface area (Å²) in [5.41, 5.74) is 6.74. The van der Waals surface area contributed by atoms with Gasteiger partial charge in [0.2, 0.25) is 0 Å². The molecule has 0 unspecified atom stereocenters. The van der Waals surface area contributed by atoms with E-state index >= 15 is 0 Å². The predicted octanol–water partition coefficient (Wildman–Crippen LogP) is 6.54. The summed E-state index contributed by atoms with van der Waals surface area (Å²) in [6.45, 7) is 0. The fraction of sp³-hybridized carbons (Fsp3) is 0.0741. The third-order valence-corrected chi connectivity index (χ3v) is 6.20. The average molecular weight is 481 g/mol. The minimum atomic E-state index is -0.133. The van der Waals surface area contributed by atoms with Gasteiger partial charge in [0, 0.05) is 10.9 Å². The minimum absolute atomic E-state index is 0.133. The van der Waals surface area contributed by atoms with Crippen LogP contribution in [0.1, 0.15) is 22.7 Å². The highest BCUT2D eigenvalue weighted by molar-refractivity contribution is 9.08. The van der Waals surface area contributed by atoms with E-state index in [9.17, 15) is 0 Å². The molecule has 1 aromatic heterocycles. The average Bonchev–Trinajstić information content (AvgIpc) is 3.35. The highest BCUT2D eigenvalue weighted by Crippen LogP contribution is 2.34. The highest BCUT2D eigenvalue weighted by Gasteiger charge is 2.23. The molecule has 5 rings (SSSR count). The van der Waals surface area contributed by atoms with E-state index in [0.717, 1.165) is 39.0 Å². The van der Waals surface area contributed by atoms with Gasteiger partial charge in [-0.15, -0.1) is 5.10 Å². The van der Waals surface area contributed by atoms with Crippen LogP contribution >= 0.6 is 15.9 Å². The molecule has 156 valence electrons. The molecule has 0 fully saturated rings. The fourth-order valence-corrected chi connectivity index (χ4v) is 4.37. The number of nitrogens with zero attached hydrogens (tertiary/aromatic N) is 4. The Hall–Kier alpha value is -3.57. The Bertz CT molecular complexity index is 1260. The van der Waals surface area contributed by atoms with Crippen molar-refractivity contribution in [2.75, 3.05) is 0 Å². The molecule has 32 heavy (non-hydrogen) atoms. The maximum Gasteiger partial charge on any atom is 0.183 e. The molecule has 0 amide bonds. The molecule has 0 aliphatic carbocycles. The number of halogens is 1. The maximum absolute atomic E-state index is 4.47. The van der Waals surface area contributed by atoms with Crippen LogP contribution < -0.4 is 0 Å². The SMILES string of the molecule is BrCc1ccc(-c2ccccc2-c2nnnn2C(c2ccccc2)c2ccccc2)cc1. The number of hydrogen-bond acceptors (Lipinski definition) is 3. The van der Waals surface area contributed by atoms with Crippen LogP contribution in [0.5, 0.6) is 0 Å². The molecule has 0 aliphatic rings. The van der Waals surface area contributed by atoms with Crippen molar-refractivity contribution in [2.45, 2.75) is 11.4 Å². The first-order valence-electron chi connectivity index (χ1n) is 10.5. The lowest BCUT2D eigenvalue weighted by Gasteiger charge is -2.20. The van der Waals surface area contributed by atoms with Crippen molar-refractivity contribution in [1.82, 2.24) is 20.2 Å². The summed E-state index contributed by atoms with van der Waals surface area (Å²) in [7, 11) is 0. The van der Waals surface area contributed by atoms with Crippen LogP contribution in [0.3, 0.4) is 0 Å². The van der Waals surface area contributed by atoms with E-state index in [0.29, 0.717) is 0 Å². The molecule has 0 saturated carbocycles. The lowest BCUT2D eigenvalue weighted by atomic mass is 9.96. The summed E-state index contributed by atoms with van der Waals surface area (Å²) in [6, 6.07) is 37.5. The van der Waals surface area contributed by atoms with Gasteiger partial charge in [0.15, 0.2) is 5.82 Å². The van der Waals surface area contributed by atoms with Gasteiger partial charge in [0.1, 0.15) is 6.04 Å². The van der Waals surface area contributed by atoms with E-state index in [1.54, 1.807) is 0 Å². The summed E-state index contributed by atoms with van der Waals surface area (Å²) in [5, 5.41) is 13.9. The van der Waals surface area contributed by atoms with Crippen LogP contribution in [0.25, 0.3) is 22.5 Å². The third-order valence-electron chi connectivity index (χ3n) is 5.56. The quantitative estimate of drug-likeness (QED) is 0.259. The monoisotopic (exact) mass is 480 g/mol. The van der Waals surface area contributed by atoms with Gasteiger partial charge in [-0.25, -0.2) is 4.68 Å². The summed E-state index contributed by atoms with van der Waals surface area (Å²) in [4.78, 5) is 0. The summed E-state index contributed by atoms with van der Waals surface area (Å²) in [6.07, 6.45) is 0. The molecule has 0 N–H and O–H groups in total. The normalized spacial score (nSPS) is 11.1. The van der Waals surface area contributed by atoms with Crippen molar-refractivity contribution in [1.29, 1.82) is 0 Å². The Morgan fingerprint density at radius 3 is 1.81 bits per heavy atom. The second kappa shape index (κ2) is 9.28. The number of aromatic nitrogens is 4. The molecule has 0 radical (unpaired) electrons. The van der Waals surface area contributed by atoms with Crippen LogP contribution in [0.15, 0.2) is 109 Å². The lowest BCUT2D eigenvalue weighted by molar-refractivity contribution is 0.576. The molecule has 4 aromatic carbocycles. The molecule has 5 aromatic rings. The summed E-state index contributed by atoms with van der Waals surface area (Å²) < 4.78 is 1.93. The summed E-state index contributed by atoms with van der Waals surface area (Å²) in [5.74, 6) is 0.739. The van der Waals surface area contributed by atoms with E-state index in [1.807, 2.05) is 22.9 Å². The van der Waals surface area contributed by atoms with Gasteiger partial charge < -0.3 is 0 Å². The van der Waals surface area contributed by atoms with Crippen molar-refractivity contribution >= 4 is 15.9 Å². The van der Waals surface area contributed by atoms with Crippen LogP contribution in [0.4, 0.5) is 0 Å². The number of benzene rings is 4. The van der Waals surface area contributed by atoms with E-state index in [1.165, 1.54) is 5.56 Å². The zero-order chi connectivity index (χ0) is 21.8. The number of rotatable bonds is 6. The maximum atomic E-state index is 4.47. The number of tetrazole rings is 1. The van der Waals surface area contributed by atoms with E-state index in [-0.39, 0.29) is 6.04 Å². The lowest BCUT2D eigenvalue weighted by Crippen LogP contribution is -2.15. The molecule has 0 spiro atoms. The Morgan fingerprint density at radius 1 is 0.656 bits per heavy atom. The topological polar surface area (TPSA) is 43.6 Å². The molecular weight excluding hydrogens is 460 g/mol. The van der Waals surface area contributed by atoms with E-state index in [4.69, 9.17) is 0 Å². The summed E-state index contributed by atoms with van der Waals surface area (Å²) >= 11 is 3.52. The first-order chi connectivity index (χ1) is 15.8. The second-order valence-electron chi connectivity index (χ2n) is 7.55. The molecule has 5 heteroatoms. The zero-order valence-electron chi connectivity index (χ0n) is 17.3. The smallest absolute Gasteiger partial charge is 0.183 e. The number of alkyl halides is 1. The zero-order valence-corrected chi connectivity index (χ0v) is 18.9. The van der Waals surface area contributed by atoms with Crippen molar-refractivity contribution in [3.05, 3.63) is 126 Å². The van der Waals surface area contributed by atoms with Gasteiger partial charge in [0.05, 0.1) is 0 Å². The van der Waals surface area contributed by atoms with Crippen molar-refractivity contribution in [3.63, 3.8) is 0 Å². The molecular formula is C27H21BrN4. The Balaban J connectivity index is 1.66. The van der Waals surface area contributed by atoms with Crippen LogP contribution in [-0.2, 0) is 5.33 Å². The number of hydrogen-bond donors (Lipinski definition) is 0. The van der Waals surface area contributed by atoms with Crippen LogP contribution in [-0.4, -0.2) is 20.2 Å². The molecule has 0 bridgehead atoms. The Labute approximate surface area is 195 Å². The fourth-order valence-electron chi connectivity index (χ4n) is 3.99. The molecule has 1 heterocycles. The highest BCUT2D eigenvalue weighted by atomic mass is 79.9. The van der Waals surface area contributed by atoms with Crippen LogP contribution in [0, 0.1) is 0 Å². The van der Waals surface area contributed by atoms with Gasteiger partial charge in [0.25, 0.3) is 0 Å². The van der Waals surface area contributed by atoms with Gasteiger partial charge in [-0.3, -0.25) is 0 Å².